The van der Waals surface area contributed by atoms with Crippen LogP contribution in [0.2, 0.25) is 0 Å². The summed E-state index contributed by atoms with van der Waals surface area (Å²) in [6.07, 6.45) is 2.18. The topological polar surface area (TPSA) is 85.3 Å². The van der Waals surface area contributed by atoms with E-state index >= 15 is 0 Å². The van der Waals surface area contributed by atoms with E-state index in [0.717, 1.165) is 5.57 Å². The molecule has 0 unspecified atom stereocenters. The van der Waals surface area contributed by atoms with Gasteiger partial charge >= 0.3 is 0 Å². The smallest absolute Gasteiger partial charge is 0.167 e. The van der Waals surface area contributed by atoms with Gasteiger partial charge in [0.1, 0.15) is 11.2 Å². The Morgan fingerprint density at radius 1 is 0.967 bits per heavy atom. The number of fused-ring (bicyclic) bond motifs is 1. The molecule has 0 radical (unpaired) electrons. The average Bonchev–Trinajstić information content (AvgIpc) is 3.03. The van der Waals surface area contributed by atoms with Crippen molar-refractivity contribution in [2.24, 2.45) is 39.4 Å². The number of allylic oxidation sites excluding steroid dienone is 2. The molecule has 5 nitrogen and oxygen atoms in total. The quantitative estimate of drug-likeness (QED) is 0.503. The number of carbonyl (C=O) groups excluding carboxylic acids is 5. The molecule has 0 saturated heterocycles. The van der Waals surface area contributed by atoms with Gasteiger partial charge in [-0.3, -0.25) is 24.0 Å². The first-order valence-corrected chi connectivity index (χ1v) is 10.9. The van der Waals surface area contributed by atoms with E-state index in [9.17, 15) is 24.0 Å². The van der Waals surface area contributed by atoms with Crippen LogP contribution in [0.15, 0.2) is 11.6 Å². The molecule has 3 fully saturated rings. The largest absolute Gasteiger partial charge is 0.300 e. The molecule has 0 aromatic rings. The van der Waals surface area contributed by atoms with Crippen LogP contribution in [0.25, 0.3) is 0 Å². The molecule has 0 N–H and O–H groups in total. The molecule has 0 heterocycles. The Balaban J connectivity index is 2.32. The van der Waals surface area contributed by atoms with E-state index in [1.165, 1.54) is 6.92 Å². The Kier molecular flexibility index (Phi) is 4.97. The molecule has 3 rings (SSSR count). The van der Waals surface area contributed by atoms with Crippen molar-refractivity contribution in [1.82, 2.24) is 0 Å². The van der Waals surface area contributed by atoms with Crippen LogP contribution in [0, 0.1) is 39.4 Å². The molecule has 0 aliphatic heterocycles. The second-order valence-electron chi connectivity index (χ2n) is 11.1. The van der Waals surface area contributed by atoms with Crippen molar-refractivity contribution in [1.29, 1.82) is 0 Å². The highest BCUT2D eigenvalue weighted by Crippen LogP contribution is 2.72. The van der Waals surface area contributed by atoms with Crippen LogP contribution in [0.1, 0.15) is 74.7 Å². The summed E-state index contributed by atoms with van der Waals surface area (Å²) in [5, 5.41) is 0. The van der Waals surface area contributed by atoms with Crippen molar-refractivity contribution in [2.45, 2.75) is 74.7 Å². The van der Waals surface area contributed by atoms with Crippen molar-refractivity contribution < 1.29 is 24.0 Å². The Morgan fingerprint density at radius 3 is 2.00 bits per heavy atom. The van der Waals surface area contributed by atoms with Crippen LogP contribution in [-0.4, -0.2) is 28.9 Å². The summed E-state index contributed by atoms with van der Waals surface area (Å²) in [6.45, 7) is 14.1. The van der Waals surface area contributed by atoms with Crippen LogP contribution in [0.5, 0.6) is 0 Å². The Morgan fingerprint density at radius 2 is 1.53 bits per heavy atom. The fraction of sp³-hybridized carbons (Fsp3) is 0.720. The maximum absolute atomic E-state index is 14.0. The minimum atomic E-state index is -1.77. The van der Waals surface area contributed by atoms with E-state index in [2.05, 4.69) is 0 Å². The minimum Gasteiger partial charge on any atom is -0.300 e. The summed E-state index contributed by atoms with van der Waals surface area (Å²) in [5.74, 6) is -3.29. The molecule has 3 aliphatic carbocycles. The van der Waals surface area contributed by atoms with Gasteiger partial charge in [-0.2, -0.15) is 0 Å². The molecule has 3 aliphatic rings. The summed E-state index contributed by atoms with van der Waals surface area (Å²) in [6, 6.07) is 0. The minimum absolute atomic E-state index is 0.0481. The number of ketones is 5. The third-order valence-corrected chi connectivity index (χ3v) is 8.37. The zero-order valence-corrected chi connectivity index (χ0v) is 19.5. The summed E-state index contributed by atoms with van der Waals surface area (Å²) in [5.41, 5.74) is -4.31. The molecule has 164 valence electrons. The lowest BCUT2D eigenvalue weighted by molar-refractivity contribution is -0.167. The van der Waals surface area contributed by atoms with Crippen LogP contribution >= 0.6 is 0 Å². The first-order chi connectivity index (χ1) is 13.6. The highest BCUT2D eigenvalue weighted by molar-refractivity contribution is 6.40. The highest BCUT2D eigenvalue weighted by Gasteiger charge is 2.83. The third-order valence-electron chi connectivity index (χ3n) is 8.37. The van der Waals surface area contributed by atoms with Gasteiger partial charge in [0.25, 0.3) is 0 Å². The normalized spacial score (nSPS) is 39.3. The number of carbonyl (C=O) groups is 5. The predicted molar refractivity (Wildman–Crippen MR) is 113 cm³/mol. The molecule has 0 amide bonds. The van der Waals surface area contributed by atoms with E-state index in [-0.39, 0.29) is 36.6 Å². The van der Waals surface area contributed by atoms with Crippen molar-refractivity contribution >= 4 is 28.9 Å². The lowest BCUT2D eigenvalue weighted by Gasteiger charge is -2.44. The van der Waals surface area contributed by atoms with E-state index in [4.69, 9.17) is 0 Å². The van der Waals surface area contributed by atoms with E-state index < -0.39 is 51.0 Å². The summed E-state index contributed by atoms with van der Waals surface area (Å²) in [7, 11) is 0. The van der Waals surface area contributed by atoms with Crippen LogP contribution < -0.4 is 0 Å². The van der Waals surface area contributed by atoms with Gasteiger partial charge in [-0.25, -0.2) is 0 Å². The van der Waals surface area contributed by atoms with Gasteiger partial charge in [0, 0.05) is 11.8 Å². The first kappa shape index (κ1) is 22.8. The number of hydrogen-bond acceptors (Lipinski definition) is 5. The van der Waals surface area contributed by atoms with Crippen LogP contribution in [-0.2, 0) is 24.0 Å². The summed E-state index contributed by atoms with van der Waals surface area (Å²) in [4.78, 5) is 67.8. The second-order valence-corrected chi connectivity index (χ2v) is 11.1. The number of Topliss-reactive ketones (excluding diaryl/α,β-unsaturated/α-hetero) is 5. The fourth-order valence-electron chi connectivity index (χ4n) is 6.77. The van der Waals surface area contributed by atoms with E-state index in [1.807, 2.05) is 33.8 Å². The van der Waals surface area contributed by atoms with Gasteiger partial charge in [-0.05, 0) is 58.3 Å². The first-order valence-electron chi connectivity index (χ1n) is 10.9. The molecule has 0 aromatic heterocycles. The Labute approximate surface area is 179 Å². The molecular formula is C25H34O5. The van der Waals surface area contributed by atoms with Crippen molar-refractivity contribution in [2.75, 3.05) is 0 Å². The van der Waals surface area contributed by atoms with E-state index in [0.29, 0.717) is 0 Å². The molecule has 2 bridgehead atoms. The van der Waals surface area contributed by atoms with Crippen LogP contribution in [0.3, 0.4) is 0 Å². The highest BCUT2D eigenvalue weighted by atomic mass is 16.2. The lowest BCUT2D eigenvalue weighted by atomic mass is 9.52. The van der Waals surface area contributed by atoms with Crippen LogP contribution in [0.4, 0.5) is 0 Å². The molecule has 30 heavy (non-hydrogen) atoms. The van der Waals surface area contributed by atoms with Gasteiger partial charge in [0.15, 0.2) is 23.1 Å². The summed E-state index contributed by atoms with van der Waals surface area (Å²) < 4.78 is 0. The predicted octanol–water partition coefficient (Wildman–Crippen LogP) is 3.92. The lowest BCUT2D eigenvalue weighted by Crippen LogP contribution is -2.64. The maximum atomic E-state index is 14.0. The van der Waals surface area contributed by atoms with Gasteiger partial charge < -0.3 is 0 Å². The average molecular weight is 415 g/mol. The van der Waals surface area contributed by atoms with Gasteiger partial charge in [-0.15, -0.1) is 0 Å². The molecule has 0 aromatic carbocycles. The van der Waals surface area contributed by atoms with Crippen molar-refractivity contribution in [3.8, 4) is 0 Å². The zero-order valence-electron chi connectivity index (χ0n) is 19.5. The Hall–Kier alpha value is -1.91. The SMILES string of the molecule is CC(=O)[C@@H]1C[C@@]23C(=O)[C@](C)(CC=C(C)C)C(=O)[C@@](C(=O)C(C)C)(C[C@@H]2C1(C)C)C3=O. The standard InChI is InChI=1S/C25H34O5/c1-13(2)9-10-23(8)19(28)24-11-16(15(5)26)22(6,7)17(24)12-25(20(23)29,21(24)30)18(27)14(3)4/h9,14,16-17H,10-12H2,1-8H3/t16-,17+,23-,24-,25-/m0/s1. The monoisotopic (exact) mass is 414 g/mol. The summed E-state index contributed by atoms with van der Waals surface area (Å²) >= 11 is 0. The van der Waals surface area contributed by atoms with Gasteiger partial charge in [-0.1, -0.05) is 39.3 Å². The van der Waals surface area contributed by atoms with E-state index in [1.54, 1.807) is 20.8 Å². The van der Waals surface area contributed by atoms with Crippen molar-refractivity contribution in [3.63, 3.8) is 0 Å². The molecule has 5 atom stereocenters. The zero-order chi connectivity index (χ0) is 23.0. The molecule has 5 heteroatoms. The molecule has 3 saturated carbocycles. The molecule has 1 spiro atoms. The van der Waals surface area contributed by atoms with Gasteiger partial charge in [0.05, 0.1) is 10.8 Å². The molecular weight excluding hydrogens is 380 g/mol. The van der Waals surface area contributed by atoms with Crippen molar-refractivity contribution in [3.05, 3.63) is 11.6 Å². The number of rotatable bonds is 5. The van der Waals surface area contributed by atoms with Gasteiger partial charge in [0.2, 0.25) is 0 Å². The number of hydrogen-bond donors (Lipinski definition) is 0. The third kappa shape index (κ3) is 2.44. The Bertz CT molecular complexity index is 902. The maximum Gasteiger partial charge on any atom is 0.167 e. The second kappa shape index (κ2) is 6.54. The fourth-order valence-corrected chi connectivity index (χ4v) is 6.77.